The number of likely N-dealkylation sites (N-methyl/N-ethyl adjacent to an activating group) is 1. The Morgan fingerprint density at radius 3 is 2.35 bits per heavy atom. The molecule has 1 fully saturated rings. The molecule has 0 aromatic rings. The summed E-state index contributed by atoms with van der Waals surface area (Å²) in [7, 11) is 1.95. The Morgan fingerprint density at radius 2 is 1.94 bits per heavy atom. The van der Waals surface area contributed by atoms with Gasteiger partial charge in [-0.2, -0.15) is 0 Å². The van der Waals surface area contributed by atoms with Gasteiger partial charge in [0.15, 0.2) is 0 Å². The third-order valence-electron chi connectivity index (χ3n) is 3.04. The van der Waals surface area contributed by atoms with E-state index in [0.717, 1.165) is 0 Å². The standard InChI is InChI=1S/C11H23N3O.2ClH/c1-8(2)14(3)7-11(15)13-6-10(12)9-4-5-9;;/h8-10H,4-7,12H2,1-3H3,(H,13,15);2*1H. The second-order valence-corrected chi connectivity index (χ2v) is 4.81. The van der Waals surface area contributed by atoms with Crippen LogP contribution in [0.15, 0.2) is 0 Å². The van der Waals surface area contributed by atoms with Gasteiger partial charge >= 0.3 is 0 Å². The minimum Gasteiger partial charge on any atom is -0.353 e. The monoisotopic (exact) mass is 285 g/mol. The van der Waals surface area contributed by atoms with Crippen molar-refractivity contribution in [1.82, 2.24) is 10.2 Å². The van der Waals surface area contributed by atoms with Crippen molar-refractivity contribution in [2.24, 2.45) is 11.7 Å². The largest absolute Gasteiger partial charge is 0.353 e. The van der Waals surface area contributed by atoms with E-state index in [2.05, 4.69) is 19.2 Å². The van der Waals surface area contributed by atoms with Crippen molar-refractivity contribution in [2.75, 3.05) is 20.1 Å². The molecule has 0 aromatic heterocycles. The lowest BCUT2D eigenvalue weighted by atomic mass is 10.2. The molecule has 0 heterocycles. The molecule has 17 heavy (non-hydrogen) atoms. The molecule has 0 spiro atoms. The molecule has 0 saturated heterocycles. The second kappa shape index (κ2) is 8.97. The zero-order valence-corrected chi connectivity index (χ0v) is 12.4. The fourth-order valence-electron chi connectivity index (χ4n) is 1.39. The lowest BCUT2D eigenvalue weighted by Crippen LogP contribution is -2.43. The van der Waals surface area contributed by atoms with Crippen LogP contribution in [0.5, 0.6) is 0 Å². The van der Waals surface area contributed by atoms with E-state index in [1.165, 1.54) is 12.8 Å². The molecule has 1 amide bonds. The zero-order valence-electron chi connectivity index (χ0n) is 10.8. The van der Waals surface area contributed by atoms with Crippen molar-refractivity contribution in [1.29, 1.82) is 0 Å². The van der Waals surface area contributed by atoms with Crippen LogP contribution >= 0.6 is 24.8 Å². The maximum Gasteiger partial charge on any atom is 0.234 e. The number of carbonyl (C=O) groups excluding carboxylic acids is 1. The van der Waals surface area contributed by atoms with E-state index < -0.39 is 0 Å². The van der Waals surface area contributed by atoms with Gasteiger partial charge in [0.2, 0.25) is 5.91 Å². The first-order valence-electron chi connectivity index (χ1n) is 5.73. The number of amides is 1. The first kappa shape index (κ1) is 19.3. The fourth-order valence-corrected chi connectivity index (χ4v) is 1.39. The summed E-state index contributed by atoms with van der Waals surface area (Å²) < 4.78 is 0. The summed E-state index contributed by atoms with van der Waals surface area (Å²) in [5.41, 5.74) is 5.89. The highest BCUT2D eigenvalue weighted by molar-refractivity contribution is 5.85. The molecule has 1 saturated carbocycles. The lowest BCUT2D eigenvalue weighted by molar-refractivity contribution is -0.122. The highest BCUT2D eigenvalue weighted by Gasteiger charge is 2.28. The molecule has 1 rings (SSSR count). The molecule has 104 valence electrons. The quantitative estimate of drug-likeness (QED) is 0.766. The van der Waals surface area contributed by atoms with Crippen molar-refractivity contribution < 1.29 is 4.79 Å². The molecule has 1 unspecified atom stereocenters. The predicted molar refractivity (Wildman–Crippen MR) is 76.0 cm³/mol. The van der Waals surface area contributed by atoms with Crippen LogP contribution in [0.4, 0.5) is 0 Å². The summed E-state index contributed by atoms with van der Waals surface area (Å²) in [6, 6.07) is 0.547. The van der Waals surface area contributed by atoms with Gasteiger partial charge in [0.25, 0.3) is 0 Å². The van der Waals surface area contributed by atoms with E-state index in [4.69, 9.17) is 5.73 Å². The molecule has 0 aromatic carbocycles. The van der Waals surface area contributed by atoms with Crippen molar-refractivity contribution in [3.05, 3.63) is 0 Å². The molecule has 1 aliphatic carbocycles. The normalized spacial score (nSPS) is 16.1. The minimum atomic E-state index is 0. The van der Waals surface area contributed by atoms with Crippen LogP contribution in [0, 0.1) is 5.92 Å². The van der Waals surface area contributed by atoms with Gasteiger partial charge in [0.1, 0.15) is 0 Å². The summed E-state index contributed by atoms with van der Waals surface area (Å²) in [6.45, 7) is 5.22. The Balaban J connectivity index is 0. The molecule has 0 bridgehead atoms. The number of nitrogens with two attached hydrogens (primary N) is 1. The summed E-state index contributed by atoms with van der Waals surface area (Å²) in [6.07, 6.45) is 2.45. The van der Waals surface area contributed by atoms with Crippen LogP contribution in [-0.4, -0.2) is 43.0 Å². The smallest absolute Gasteiger partial charge is 0.234 e. The Morgan fingerprint density at radius 1 is 1.41 bits per heavy atom. The predicted octanol–water partition coefficient (Wildman–Crippen LogP) is 1.02. The Bertz CT molecular complexity index is 223. The van der Waals surface area contributed by atoms with Crippen LogP contribution in [-0.2, 0) is 4.79 Å². The van der Waals surface area contributed by atoms with Crippen LogP contribution < -0.4 is 11.1 Å². The highest BCUT2D eigenvalue weighted by Crippen LogP contribution is 2.31. The second-order valence-electron chi connectivity index (χ2n) is 4.81. The molecule has 1 atom stereocenters. The number of nitrogens with one attached hydrogen (secondary N) is 1. The third-order valence-corrected chi connectivity index (χ3v) is 3.04. The van der Waals surface area contributed by atoms with Crippen LogP contribution in [0.25, 0.3) is 0 Å². The van der Waals surface area contributed by atoms with E-state index in [9.17, 15) is 4.79 Å². The first-order valence-corrected chi connectivity index (χ1v) is 5.73. The zero-order chi connectivity index (χ0) is 11.4. The first-order chi connectivity index (χ1) is 7.00. The van der Waals surface area contributed by atoms with Crippen LogP contribution in [0.1, 0.15) is 26.7 Å². The Hall–Kier alpha value is -0.0300. The molecule has 3 N–H and O–H groups in total. The number of nitrogens with zero attached hydrogens (tertiary/aromatic N) is 1. The van der Waals surface area contributed by atoms with Gasteiger partial charge in [-0.05, 0) is 39.7 Å². The van der Waals surface area contributed by atoms with Crippen LogP contribution in [0.3, 0.4) is 0 Å². The number of halogens is 2. The van der Waals surface area contributed by atoms with Crippen molar-refractivity contribution >= 4 is 30.7 Å². The van der Waals surface area contributed by atoms with E-state index in [1.807, 2.05) is 11.9 Å². The number of hydrogen-bond donors (Lipinski definition) is 2. The summed E-state index contributed by atoms with van der Waals surface area (Å²) in [5, 5.41) is 2.88. The fraction of sp³-hybridized carbons (Fsp3) is 0.909. The molecular weight excluding hydrogens is 261 g/mol. The third kappa shape index (κ3) is 7.82. The topological polar surface area (TPSA) is 58.4 Å². The summed E-state index contributed by atoms with van der Waals surface area (Å²) >= 11 is 0. The maximum atomic E-state index is 11.5. The van der Waals surface area contributed by atoms with Gasteiger partial charge in [0, 0.05) is 18.6 Å². The van der Waals surface area contributed by atoms with Gasteiger partial charge < -0.3 is 11.1 Å². The van der Waals surface area contributed by atoms with E-state index >= 15 is 0 Å². The Kier molecular flexibility index (Phi) is 10.2. The van der Waals surface area contributed by atoms with E-state index in [1.54, 1.807) is 0 Å². The van der Waals surface area contributed by atoms with Gasteiger partial charge in [-0.15, -0.1) is 24.8 Å². The molecule has 1 aliphatic rings. The van der Waals surface area contributed by atoms with Crippen molar-refractivity contribution in [3.63, 3.8) is 0 Å². The summed E-state index contributed by atoms with van der Waals surface area (Å²) in [5.74, 6) is 0.718. The van der Waals surface area contributed by atoms with E-state index in [-0.39, 0.29) is 36.8 Å². The van der Waals surface area contributed by atoms with Gasteiger partial charge in [0.05, 0.1) is 6.54 Å². The Labute approximate surface area is 117 Å². The molecule has 4 nitrogen and oxygen atoms in total. The van der Waals surface area contributed by atoms with Gasteiger partial charge in [-0.25, -0.2) is 0 Å². The van der Waals surface area contributed by atoms with Gasteiger partial charge in [-0.1, -0.05) is 0 Å². The minimum absolute atomic E-state index is 0. The average Bonchev–Trinajstić information content (AvgIpc) is 2.96. The summed E-state index contributed by atoms with van der Waals surface area (Å²) in [4.78, 5) is 13.5. The van der Waals surface area contributed by atoms with E-state index in [0.29, 0.717) is 25.0 Å². The molecular formula is C11H25Cl2N3O. The molecule has 6 heteroatoms. The average molecular weight is 286 g/mol. The molecule has 0 aliphatic heterocycles. The maximum absolute atomic E-state index is 11.5. The molecule has 0 radical (unpaired) electrons. The number of rotatable bonds is 6. The number of carbonyl (C=O) groups is 1. The number of hydrogen-bond acceptors (Lipinski definition) is 3. The van der Waals surface area contributed by atoms with Crippen LogP contribution in [0.2, 0.25) is 0 Å². The van der Waals surface area contributed by atoms with Crippen molar-refractivity contribution in [2.45, 2.75) is 38.8 Å². The van der Waals surface area contributed by atoms with Crippen molar-refractivity contribution in [3.8, 4) is 0 Å². The highest BCUT2D eigenvalue weighted by atomic mass is 35.5. The lowest BCUT2D eigenvalue weighted by Gasteiger charge is -2.20. The SMILES string of the molecule is CC(C)N(C)CC(=O)NCC(N)C1CC1.Cl.Cl. The van der Waals surface area contributed by atoms with Gasteiger partial charge in [-0.3, -0.25) is 9.69 Å².